The lowest BCUT2D eigenvalue weighted by Crippen LogP contribution is -2.26. The highest BCUT2D eigenvalue weighted by molar-refractivity contribution is 5.93. The van der Waals surface area contributed by atoms with Gasteiger partial charge in [0.1, 0.15) is 11.5 Å². The average Bonchev–Trinajstić information content (AvgIpc) is 3.78. The van der Waals surface area contributed by atoms with E-state index in [4.69, 9.17) is 4.98 Å². The molecular weight excluding hydrogens is 511 g/mol. The Balaban J connectivity index is 1.50. The van der Waals surface area contributed by atoms with E-state index < -0.39 is 5.83 Å². The van der Waals surface area contributed by atoms with Gasteiger partial charge in [-0.3, -0.25) is 10.1 Å². The Kier molecular flexibility index (Phi) is 8.85. The smallest absolute Gasteiger partial charge is 0.159 e. The van der Waals surface area contributed by atoms with Crippen molar-refractivity contribution < 1.29 is 4.39 Å². The van der Waals surface area contributed by atoms with Crippen molar-refractivity contribution in [2.24, 2.45) is 5.92 Å². The molecule has 210 valence electrons. The van der Waals surface area contributed by atoms with Crippen LogP contribution in [0.25, 0.3) is 45.6 Å². The van der Waals surface area contributed by atoms with Crippen LogP contribution in [0.2, 0.25) is 0 Å². The van der Waals surface area contributed by atoms with Gasteiger partial charge in [-0.15, -0.1) is 0 Å². The molecule has 4 aromatic rings. The van der Waals surface area contributed by atoms with E-state index in [1.54, 1.807) is 18.5 Å². The van der Waals surface area contributed by atoms with Crippen molar-refractivity contribution in [3.63, 3.8) is 0 Å². The second-order valence-corrected chi connectivity index (χ2v) is 10.4. The maximum absolute atomic E-state index is 16.4. The molecule has 5 rings (SSSR count). The number of nitrogens with zero attached hydrogens (tertiary/aromatic N) is 3. The number of hydrogen-bond acceptors (Lipinski definition) is 4. The molecule has 0 bridgehead atoms. The van der Waals surface area contributed by atoms with Gasteiger partial charge in [0.25, 0.3) is 0 Å². The third kappa shape index (κ3) is 6.05. The molecule has 1 aromatic carbocycles. The first kappa shape index (κ1) is 28.2. The zero-order valence-electron chi connectivity index (χ0n) is 23.8. The van der Waals surface area contributed by atoms with E-state index in [9.17, 15) is 0 Å². The van der Waals surface area contributed by atoms with Crippen molar-refractivity contribution in [2.75, 3.05) is 13.1 Å². The van der Waals surface area contributed by atoms with Gasteiger partial charge in [0.2, 0.25) is 0 Å². The molecule has 3 heterocycles. The van der Waals surface area contributed by atoms with Crippen LogP contribution in [0.4, 0.5) is 4.39 Å². The lowest BCUT2D eigenvalue weighted by Gasteiger charge is -2.12. The standard InChI is InChI=1S/C34H37FN6/c1-5-23(20-37-21-24-11-8-9-12-24)19-25(6-2)22(4)31(35)30-28(7-3)40-41-33(30)34-38-29-14-10-13-27(32(29)39-34)26-15-17-36-18-16-26/h5-7,10,13-19,24,37,40H,1,4,8-9,11-12,20-21H2,2-3H3,(H,38,39)/b23-19+,25-6+,28-7+,31-30-. The first-order valence-corrected chi connectivity index (χ1v) is 14.2. The first-order valence-electron chi connectivity index (χ1n) is 14.2. The quantitative estimate of drug-likeness (QED) is 0.204. The highest BCUT2D eigenvalue weighted by Crippen LogP contribution is 2.29. The minimum atomic E-state index is -0.455. The van der Waals surface area contributed by atoms with Gasteiger partial charge in [-0.2, -0.15) is 5.10 Å². The van der Waals surface area contributed by atoms with E-state index in [0.29, 0.717) is 34.2 Å². The monoisotopic (exact) mass is 548 g/mol. The number of pyridine rings is 1. The van der Waals surface area contributed by atoms with E-state index >= 15 is 4.39 Å². The van der Waals surface area contributed by atoms with Crippen molar-refractivity contribution in [1.29, 1.82) is 0 Å². The van der Waals surface area contributed by atoms with Gasteiger partial charge in [-0.25, -0.2) is 9.37 Å². The van der Waals surface area contributed by atoms with E-state index in [-0.39, 0.29) is 5.57 Å². The number of fused-ring (bicyclic) bond motifs is 1. The second-order valence-electron chi connectivity index (χ2n) is 10.4. The summed E-state index contributed by atoms with van der Waals surface area (Å²) in [7, 11) is 0. The number of allylic oxidation sites excluding steroid dienone is 4. The Morgan fingerprint density at radius 2 is 1.93 bits per heavy atom. The van der Waals surface area contributed by atoms with E-state index in [2.05, 4.69) is 38.6 Å². The normalized spacial score (nSPS) is 16.0. The van der Waals surface area contributed by atoms with Gasteiger partial charge in [-0.1, -0.05) is 62.4 Å². The van der Waals surface area contributed by atoms with Gasteiger partial charge in [0.05, 0.1) is 21.6 Å². The van der Waals surface area contributed by atoms with Gasteiger partial charge >= 0.3 is 0 Å². The Morgan fingerprint density at radius 1 is 1.15 bits per heavy atom. The molecule has 7 heteroatoms. The summed E-state index contributed by atoms with van der Waals surface area (Å²) < 4.78 is 16.4. The van der Waals surface area contributed by atoms with Gasteiger partial charge in [0, 0.05) is 30.1 Å². The summed E-state index contributed by atoms with van der Waals surface area (Å²) in [6.07, 6.45) is 16.2. The summed E-state index contributed by atoms with van der Waals surface area (Å²) in [4.78, 5) is 12.3. The molecule has 0 radical (unpaired) electrons. The zero-order valence-corrected chi connectivity index (χ0v) is 23.8. The molecule has 3 N–H and O–H groups in total. The molecule has 0 spiro atoms. The SMILES string of the molecule is C=C/C(=C\C(=C/C)C(=C)/C(F)=c1/c(-c2nc3c(-c4ccncc4)cccc3[nH]2)n[nH]/c1=C/C)CNCC1CCCC1. The molecule has 0 saturated heterocycles. The number of benzene rings is 1. The highest BCUT2D eigenvalue weighted by atomic mass is 19.1. The fourth-order valence-electron chi connectivity index (χ4n) is 5.51. The summed E-state index contributed by atoms with van der Waals surface area (Å²) in [6.45, 7) is 13.5. The molecular formula is C34H37FN6. The summed E-state index contributed by atoms with van der Waals surface area (Å²) in [5, 5.41) is 11.9. The van der Waals surface area contributed by atoms with Crippen molar-refractivity contribution in [1.82, 2.24) is 30.5 Å². The van der Waals surface area contributed by atoms with Crippen molar-refractivity contribution in [2.45, 2.75) is 39.5 Å². The Bertz CT molecular complexity index is 1730. The van der Waals surface area contributed by atoms with Crippen LogP contribution in [0.3, 0.4) is 0 Å². The van der Waals surface area contributed by atoms with Crippen LogP contribution in [-0.4, -0.2) is 38.2 Å². The lowest BCUT2D eigenvalue weighted by atomic mass is 10.0. The number of rotatable bonds is 10. The molecule has 0 unspecified atom stereocenters. The van der Waals surface area contributed by atoms with Crippen LogP contribution in [0.15, 0.2) is 90.8 Å². The van der Waals surface area contributed by atoms with Crippen LogP contribution >= 0.6 is 0 Å². The highest BCUT2D eigenvalue weighted by Gasteiger charge is 2.18. The predicted octanol–water partition coefficient (Wildman–Crippen LogP) is 6.29. The summed E-state index contributed by atoms with van der Waals surface area (Å²) in [6, 6.07) is 9.82. The minimum Gasteiger partial charge on any atom is -0.337 e. The zero-order chi connectivity index (χ0) is 28.8. The topological polar surface area (TPSA) is 82.3 Å². The van der Waals surface area contributed by atoms with E-state index in [0.717, 1.165) is 40.2 Å². The van der Waals surface area contributed by atoms with Crippen LogP contribution in [-0.2, 0) is 0 Å². The fourth-order valence-corrected chi connectivity index (χ4v) is 5.51. The molecule has 0 aliphatic heterocycles. The van der Waals surface area contributed by atoms with E-state index in [1.165, 1.54) is 25.7 Å². The van der Waals surface area contributed by atoms with Crippen LogP contribution in [0.1, 0.15) is 39.5 Å². The van der Waals surface area contributed by atoms with Crippen molar-refractivity contribution in [3.8, 4) is 22.6 Å². The molecule has 3 aromatic heterocycles. The molecule has 0 atom stereocenters. The summed E-state index contributed by atoms with van der Waals surface area (Å²) >= 11 is 0. The number of para-hydroxylation sites is 1. The third-order valence-electron chi connectivity index (χ3n) is 7.80. The average molecular weight is 549 g/mol. The van der Waals surface area contributed by atoms with Crippen LogP contribution in [0, 0.1) is 5.92 Å². The molecule has 0 amide bonds. The number of H-pyrrole nitrogens is 2. The number of aromatic nitrogens is 5. The van der Waals surface area contributed by atoms with Crippen LogP contribution < -0.4 is 15.9 Å². The van der Waals surface area contributed by atoms with Gasteiger partial charge < -0.3 is 10.3 Å². The largest absolute Gasteiger partial charge is 0.337 e. The Labute approximate surface area is 240 Å². The van der Waals surface area contributed by atoms with E-state index in [1.807, 2.05) is 62.4 Å². The Hall–Kier alpha value is -4.36. The fraction of sp³-hybridized carbons (Fsp3) is 0.265. The predicted molar refractivity (Wildman–Crippen MR) is 167 cm³/mol. The van der Waals surface area contributed by atoms with Crippen molar-refractivity contribution >= 4 is 22.9 Å². The molecule has 1 fully saturated rings. The third-order valence-corrected chi connectivity index (χ3v) is 7.80. The summed E-state index contributed by atoms with van der Waals surface area (Å²) in [5.74, 6) is 0.762. The summed E-state index contributed by atoms with van der Waals surface area (Å²) in [5.41, 5.74) is 5.93. The number of imidazole rings is 1. The molecule has 1 saturated carbocycles. The van der Waals surface area contributed by atoms with Crippen LogP contribution in [0.5, 0.6) is 0 Å². The second kappa shape index (κ2) is 12.9. The first-order chi connectivity index (χ1) is 20.0. The number of aromatic amines is 2. The number of halogens is 1. The molecule has 1 aliphatic rings. The lowest BCUT2D eigenvalue weighted by molar-refractivity contribution is 0.503. The molecule has 6 nitrogen and oxygen atoms in total. The number of nitrogens with one attached hydrogen (secondary N) is 3. The van der Waals surface area contributed by atoms with Gasteiger partial charge in [0.15, 0.2) is 5.82 Å². The van der Waals surface area contributed by atoms with Crippen molar-refractivity contribution in [3.05, 3.63) is 101 Å². The molecule has 1 aliphatic carbocycles. The Morgan fingerprint density at radius 3 is 2.63 bits per heavy atom. The maximum atomic E-state index is 16.4. The molecule has 41 heavy (non-hydrogen) atoms. The minimum absolute atomic E-state index is 0.280. The van der Waals surface area contributed by atoms with Gasteiger partial charge in [-0.05, 0) is 74.1 Å². The maximum Gasteiger partial charge on any atom is 0.159 e. The number of hydrogen-bond donors (Lipinski definition) is 3.